The van der Waals surface area contributed by atoms with Crippen LogP contribution in [0.1, 0.15) is 34.3 Å². The average Bonchev–Trinajstić information content (AvgIpc) is 2.79. The first-order valence-electron chi connectivity index (χ1n) is 10.0. The zero-order valence-corrected chi connectivity index (χ0v) is 18.3. The number of anilines is 1. The van der Waals surface area contributed by atoms with Crippen LogP contribution in [-0.2, 0) is 22.7 Å². The molecule has 1 atom stereocenters. The fourth-order valence-electron chi connectivity index (χ4n) is 3.39. The number of rotatable bonds is 12. The van der Waals surface area contributed by atoms with Crippen LogP contribution in [0.25, 0.3) is 0 Å². The summed E-state index contributed by atoms with van der Waals surface area (Å²) < 4.78 is 33.4. The second kappa shape index (κ2) is 11.9. The van der Waals surface area contributed by atoms with Crippen molar-refractivity contribution in [3.05, 3.63) is 58.7 Å². The molecule has 0 spiro atoms. The molecule has 32 heavy (non-hydrogen) atoms. The number of nitrogens with one attached hydrogen (secondary N) is 2. The van der Waals surface area contributed by atoms with Crippen LogP contribution in [-0.4, -0.2) is 50.6 Å². The van der Waals surface area contributed by atoms with Gasteiger partial charge in [-0.2, -0.15) is 0 Å². The molecule has 0 saturated heterocycles. The van der Waals surface area contributed by atoms with Gasteiger partial charge in [-0.1, -0.05) is 6.07 Å². The molecule has 2 N–H and O–H groups in total. The minimum Gasteiger partial charge on any atom is -0.497 e. The Morgan fingerprint density at radius 3 is 2.56 bits per heavy atom. The molecule has 1 unspecified atom stereocenters. The second-order valence-corrected chi connectivity index (χ2v) is 7.24. The van der Waals surface area contributed by atoms with Crippen LogP contribution in [0.15, 0.2) is 30.3 Å². The number of carbonyl (C=O) groups is 3. The van der Waals surface area contributed by atoms with Crippen LogP contribution in [0.4, 0.5) is 14.5 Å². The lowest BCUT2D eigenvalue weighted by atomic mass is 10.0. The highest BCUT2D eigenvalue weighted by Crippen LogP contribution is 2.26. The molecule has 2 rings (SSSR count). The molecule has 2 aromatic rings. The van der Waals surface area contributed by atoms with Gasteiger partial charge < -0.3 is 20.2 Å². The van der Waals surface area contributed by atoms with E-state index in [-0.39, 0.29) is 37.4 Å². The second-order valence-electron chi connectivity index (χ2n) is 7.24. The number of hydrogen-bond donors (Lipinski definition) is 2. The molecular weight excluding hydrogens is 420 g/mol. The molecular formula is C23H27F2N3O4. The molecule has 0 aliphatic heterocycles. The molecule has 9 heteroatoms. The normalized spacial score (nSPS) is 11.7. The molecule has 1 amide bonds. The molecule has 172 valence electrons. The molecule has 0 aliphatic rings. The van der Waals surface area contributed by atoms with Gasteiger partial charge in [-0.3, -0.25) is 14.5 Å². The fourth-order valence-corrected chi connectivity index (χ4v) is 3.39. The zero-order chi connectivity index (χ0) is 23.7. The van der Waals surface area contributed by atoms with E-state index in [9.17, 15) is 23.2 Å². The van der Waals surface area contributed by atoms with E-state index < -0.39 is 17.7 Å². The first kappa shape index (κ1) is 24.9. The predicted molar refractivity (Wildman–Crippen MR) is 117 cm³/mol. The number of aldehydes is 2. The average molecular weight is 447 g/mol. The van der Waals surface area contributed by atoms with Crippen LogP contribution >= 0.6 is 0 Å². The molecule has 0 saturated carbocycles. The summed E-state index contributed by atoms with van der Waals surface area (Å²) in [4.78, 5) is 36.4. The van der Waals surface area contributed by atoms with Crippen molar-refractivity contribution in [2.75, 3.05) is 26.5 Å². The maximum Gasteiger partial charge on any atom is 0.237 e. The first-order valence-corrected chi connectivity index (χ1v) is 10.0. The predicted octanol–water partition coefficient (Wildman–Crippen LogP) is 2.92. The van der Waals surface area contributed by atoms with Crippen LogP contribution in [0, 0.1) is 11.6 Å². The lowest BCUT2D eigenvalue weighted by Gasteiger charge is -2.28. The van der Waals surface area contributed by atoms with Crippen molar-refractivity contribution in [1.82, 2.24) is 10.2 Å². The lowest BCUT2D eigenvalue weighted by Crippen LogP contribution is -2.43. The number of likely N-dealkylation sites (N-methyl/N-ethyl adjacent to an activating group) is 2. The van der Waals surface area contributed by atoms with Gasteiger partial charge in [0.05, 0.1) is 13.2 Å². The van der Waals surface area contributed by atoms with Crippen LogP contribution < -0.4 is 15.4 Å². The third-order valence-electron chi connectivity index (χ3n) is 5.15. The lowest BCUT2D eigenvalue weighted by molar-refractivity contribution is -0.126. The summed E-state index contributed by atoms with van der Waals surface area (Å²) in [6.45, 7) is 0.164. The summed E-state index contributed by atoms with van der Waals surface area (Å²) in [5, 5.41) is 5.55. The highest BCUT2D eigenvalue weighted by Gasteiger charge is 2.24. The van der Waals surface area contributed by atoms with Crippen molar-refractivity contribution >= 4 is 24.2 Å². The van der Waals surface area contributed by atoms with Gasteiger partial charge in [-0.05, 0) is 37.2 Å². The number of methoxy groups -OCH3 is 1. The van der Waals surface area contributed by atoms with Gasteiger partial charge in [0.2, 0.25) is 5.91 Å². The van der Waals surface area contributed by atoms with E-state index in [2.05, 4.69) is 10.6 Å². The van der Waals surface area contributed by atoms with Crippen molar-refractivity contribution in [2.24, 2.45) is 0 Å². The number of nitrogens with zero attached hydrogens (tertiary/aromatic N) is 1. The molecule has 0 heterocycles. The number of ether oxygens (including phenoxy) is 1. The number of hydrogen-bond acceptors (Lipinski definition) is 6. The zero-order valence-electron chi connectivity index (χ0n) is 18.3. The van der Waals surface area contributed by atoms with Gasteiger partial charge in [0, 0.05) is 49.4 Å². The third-order valence-corrected chi connectivity index (χ3v) is 5.15. The molecule has 0 radical (unpaired) electrons. The minimum atomic E-state index is -0.625. The van der Waals surface area contributed by atoms with E-state index in [0.717, 1.165) is 12.4 Å². The maximum absolute atomic E-state index is 14.3. The molecule has 0 bridgehead atoms. The van der Waals surface area contributed by atoms with Gasteiger partial charge in [-0.15, -0.1) is 0 Å². The number of halogens is 2. The number of amides is 1. The van der Waals surface area contributed by atoms with Crippen molar-refractivity contribution in [3.8, 4) is 5.75 Å². The van der Waals surface area contributed by atoms with Crippen molar-refractivity contribution in [2.45, 2.75) is 32.0 Å². The van der Waals surface area contributed by atoms with E-state index in [1.54, 1.807) is 24.1 Å². The smallest absolute Gasteiger partial charge is 0.237 e. The highest BCUT2D eigenvalue weighted by atomic mass is 19.1. The largest absolute Gasteiger partial charge is 0.497 e. The quantitative estimate of drug-likeness (QED) is 0.487. The SMILES string of the molecule is CNC(=O)C(CCC=O)N(C)Cc1c(C=O)cc(F)cc1NCc1ccc(OC)cc1F. The standard InChI is InChI=1S/C23H27F2N3O4/c1-26-23(31)22(5-4-8-29)28(2)13-19-16(14-30)9-17(24)10-21(19)27-12-15-6-7-18(32-3)11-20(15)25/h6-11,14,22,27H,4-5,12-13H2,1-3H3,(H,26,31). The number of carbonyl (C=O) groups excluding carboxylic acids is 3. The maximum atomic E-state index is 14.3. The Morgan fingerprint density at radius 1 is 1.22 bits per heavy atom. The minimum absolute atomic E-state index is 0.0400. The summed E-state index contributed by atoms with van der Waals surface area (Å²) in [5.41, 5.74) is 1.20. The summed E-state index contributed by atoms with van der Waals surface area (Å²) in [5.74, 6) is -1.02. The van der Waals surface area contributed by atoms with E-state index in [1.165, 1.54) is 26.3 Å². The monoisotopic (exact) mass is 447 g/mol. The molecule has 0 aromatic heterocycles. The van der Waals surface area contributed by atoms with Crippen LogP contribution in [0.3, 0.4) is 0 Å². The summed E-state index contributed by atoms with van der Waals surface area (Å²) >= 11 is 0. The van der Waals surface area contributed by atoms with Crippen molar-refractivity contribution in [1.29, 1.82) is 0 Å². The summed E-state index contributed by atoms with van der Waals surface area (Å²) in [6, 6.07) is 6.11. The van der Waals surface area contributed by atoms with Gasteiger partial charge in [0.1, 0.15) is 23.7 Å². The van der Waals surface area contributed by atoms with E-state index in [0.29, 0.717) is 28.8 Å². The van der Waals surface area contributed by atoms with Gasteiger partial charge >= 0.3 is 0 Å². The van der Waals surface area contributed by atoms with Crippen molar-refractivity contribution in [3.63, 3.8) is 0 Å². The van der Waals surface area contributed by atoms with E-state index in [1.807, 2.05) is 0 Å². The van der Waals surface area contributed by atoms with Gasteiger partial charge in [0.15, 0.2) is 6.29 Å². The Morgan fingerprint density at radius 2 is 1.97 bits per heavy atom. The summed E-state index contributed by atoms with van der Waals surface area (Å²) in [7, 11) is 4.61. The Labute approximate surface area is 185 Å². The Kier molecular flexibility index (Phi) is 9.27. The van der Waals surface area contributed by atoms with Crippen molar-refractivity contribution < 1.29 is 27.9 Å². The Bertz CT molecular complexity index is 968. The Hall–Kier alpha value is -3.33. The fraction of sp³-hybridized carbons (Fsp3) is 0.348. The number of benzene rings is 2. The van der Waals surface area contributed by atoms with Crippen LogP contribution in [0.5, 0.6) is 5.75 Å². The highest BCUT2D eigenvalue weighted by molar-refractivity contribution is 5.82. The van der Waals surface area contributed by atoms with Crippen LogP contribution in [0.2, 0.25) is 0 Å². The topological polar surface area (TPSA) is 87.7 Å². The van der Waals surface area contributed by atoms with E-state index in [4.69, 9.17) is 4.74 Å². The van der Waals surface area contributed by atoms with Gasteiger partial charge in [0.25, 0.3) is 0 Å². The van der Waals surface area contributed by atoms with Gasteiger partial charge in [-0.25, -0.2) is 8.78 Å². The van der Waals surface area contributed by atoms with E-state index >= 15 is 0 Å². The Balaban J connectivity index is 2.32. The first-order chi connectivity index (χ1) is 15.3. The molecule has 2 aromatic carbocycles. The molecule has 7 nitrogen and oxygen atoms in total. The third kappa shape index (κ3) is 6.34. The molecule has 0 aliphatic carbocycles. The summed E-state index contributed by atoms with van der Waals surface area (Å²) in [6.07, 6.45) is 1.74. The molecule has 0 fully saturated rings.